The van der Waals surface area contributed by atoms with Crippen molar-refractivity contribution >= 4 is 5.82 Å². The van der Waals surface area contributed by atoms with Gasteiger partial charge in [-0.3, -0.25) is 4.90 Å². The third kappa shape index (κ3) is 2.24. The fourth-order valence-electron chi connectivity index (χ4n) is 2.88. The number of hydrogen-bond donors (Lipinski definition) is 1. The summed E-state index contributed by atoms with van der Waals surface area (Å²) in [5, 5.41) is 3.91. The lowest BCUT2D eigenvalue weighted by Gasteiger charge is -2.33. The molecule has 2 N–H and O–H groups in total. The van der Waals surface area contributed by atoms with Crippen LogP contribution in [0.2, 0.25) is 0 Å². The molecular weight excluding hydrogens is 238 g/mol. The number of aromatic nitrogens is 1. The number of hydrogen-bond acceptors (Lipinski definition) is 4. The second-order valence-electron chi connectivity index (χ2n) is 5.04. The average Bonchev–Trinajstić information content (AvgIpc) is 2.82. The van der Waals surface area contributed by atoms with E-state index in [1.807, 2.05) is 6.07 Å². The van der Waals surface area contributed by atoms with Gasteiger partial charge in [-0.15, -0.1) is 0 Å². The van der Waals surface area contributed by atoms with E-state index < -0.39 is 0 Å². The van der Waals surface area contributed by atoms with Gasteiger partial charge in [-0.05, 0) is 18.4 Å². The van der Waals surface area contributed by atoms with Gasteiger partial charge in [-0.1, -0.05) is 42.4 Å². The molecule has 0 fully saturated rings. The fourth-order valence-corrected chi connectivity index (χ4v) is 2.88. The van der Waals surface area contributed by atoms with Crippen molar-refractivity contribution in [1.29, 1.82) is 0 Å². The molecule has 0 spiro atoms. The van der Waals surface area contributed by atoms with Crippen molar-refractivity contribution in [2.24, 2.45) is 0 Å². The Kier molecular flexibility index (Phi) is 3.25. The SMILES string of the molecule is CCC1c2onc(N)c2CCN1Cc1ccccc1. The molecule has 0 saturated heterocycles. The number of nitrogens with two attached hydrogens (primary N) is 1. The fraction of sp³-hybridized carbons (Fsp3) is 0.400. The number of nitrogens with zero attached hydrogens (tertiary/aromatic N) is 2. The highest BCUT2D eigenvalue weighted by Gasteiger charge is 2.31. The standard InChI is InChI=1S/C15H19N3O/c1-2-13-14-12(15(16)17-19-14)8-9-18(13)10-11-6-4-3-5-7-11/h3-7,13H,2,8-10H2,1H3,(H2,16,17). The van der Waals surface area contributed by atoms with Crippen LogP contribution in [-0.2, 0) is 13.0 Å². The van der Waals surface area contributed by atoms with Crippen LogP contribution in [0.4, 0.5) is 5.82 Å². The number of nitrogen functional groups attached to an aromatic ring is 1. The van der Waals surface area contributed by atoms with Gasteiger partial charge in [0.05, 0.1) is 6.04 Å². The Hall–Kier alpha value is -1.81. The van der Waals surface area contributed by atoms with Gasteiger partial charge in [-0.25, -0.2) is 0 Å². The highest BCUT2D eigenvalue weighted by molar-refractivity contribution is 5.43. The summed E-state index contributed by atoms with van der Waals surface area (Å²) in [6, 6.07) is 10.8. The van der Waals surface area contributed by atoms with E-state index in [9.17, 15) is 0 Å². The van der Waals surface area contributed by atoms with Crippen LogP contribution in [0, 0.1) is 0 Å². The molecule has 0 saturated carbocycles. The molecule has 1 atom stereocenters. The molecule has 0 aliphatic carbocycles. The highest BCUT2D eigenvalue weighted by Crippen LogP contribution is 2.35. The molecule has 2 heterocycles. The van der Waals surface area contributed by atoms with Gasteiger partial charge >= 0.3 is 0 Å². The van der Waals surface area contributed by atoms with Gasteiger partial charge in [-0.2, -0.15) is 0 Å². The lowest BCUT2D eigenvalue weighted by atomic mass is 9.97. The monoisotopic (exact) mass is 257 g/mol. The van der Waals surface area contributed by atoms with E-state index in [0.717, 1.165) is 37.3 Å². The Morgan fingerprint density at radius 3 is 2.89 bits per heavy atom. The first kappa shape index (κ1) is 12.2. The van der Waals surface area contributed by atoms with Gasteiger partial charge in [0.15, 0.2) is 11.6 Å². The lowest BCUT2D eigenvalue weighted by molar-refractivity contribution is 0.140. The topological polar surface area (TPSA) is 55.3 Å². The van der Waals surface area contributed by atoms with Crippen LogP contribution < -0.4 is 5.73 Å². The summed E-state index contributed by atoms with van der Waals surface area (Å²) in [5.41, 5.74) is 8.29. The highest BCUT2D eigenvalue weighted by atomic mass is 16.5. The predicted molar refractivity (Wildman–Crippen MR) is 74.5 cm³/mol. The second kappa shape index (κ2) is 5.05. The van der Waals surface area contributed by atoms with Crippen molar-refractivity contribution in [3.63, 3.8) is 0 Å². The van der Waals surface area contributed by atoms with Crippen molar-refractivity contribution in [2.45, 2.75) is 32.4 Å². The zero-order chi connectivity index (χ0) is 13.2. The van der Waals surface area contributed by atoms with Gasteiger partial charge in [0.2, 0.25) is 0 Å². The summed E-state index contributed by atoms with van der Waals surface area (Å²) in [7, 11) is 0. The molecule has 4 heteroatoms. The summed E-state index contributed by atoms with van der Waals surface area (Å²) in [6.45, 7) is 4.13. The number of benzene rings is 1. The maximum atomic E-state index is 5.85. The minimum absolute atomic E-state index is 0.286. The molecular formula is C15H19N3O. The summed E-state index contributed by atoms with van der Waals surface area (Å²) >= 11 is 0. The molecule has 0 bridgehead atoms. The Morgan fingerprint density at radius 1 is 1.37 bits per heavy atom. The molecule has 1 aromatic heterocycles. The van der Waals surface area contributed by atoms with Crippen molar-refractivity contribution in [2.75, 3.05) is 12.3 Å². The van der Waals surface area contributed by atoms with E-state index in [2.05, 4.69) is 41.2 Å². The normalized spacial score (nSPS) is 19.3. The zero-order valence-electron chi connectivity index (χ0n) is 11.2. The zero-order valence-corrected chi connectivity index (χ0v) is 11.2. The lowest BCUT2D eigenvalue weighted by Crippen LogP contribution is -2.34. The van der Waals surface area contributed by atoms with E-state index in [4.69, 9.17) is 10.3 Å². The van der Waals surface area contributed by atoms with E-state index in [1.165, 1.54) is 5.56 Å². The average molecular weight is 257 g/mol. The summed E-state index contributed by atoms with van der Waals surface area (Å²) in [6.07, 6.45) is 1.93. The van der Waals surface area contributed by atoms with E-state index >= 15 is 0 Å². The molecule has 0 amide bonds. The van der Waals surface area contributed by atoms with Crippen LogP contribution in [0.1, 0.15) is 36.3 Å². The van der Waals surface area contributed by atoms with Crippen LogP contribution in [0.3, 0.4) is 0 Å². The molecule has 0 radical (unpaired) electrons. The van der Waals surface area contributed by atoms with Crippen LogP contribution >= 0.6 is 0 Å². The van der Waals surface area contributed by atoms with Crippen molar-refractivity contribution in [1.82, 2.24) is 10.1 Å². The van der Waals surface area contributed by atoms with Crippen LogP contribution in [-0.4, -0.2) is 16.6 Å². The van der Waals surface area contributed by atoms with Crippen LogP contribution in [0.5, 0.6) is 0 Å². The molecule has 1 aliphatic rings. The third-order valence-corrected chi connectivity index (χ3v) is 3.86. The van der Waals surface area contributed by atoms with E-state index in [-0.39, 0.29) is 6.04 Å². The van der Waals surface area contributed by atoms with Crippen LogP contribution in [0.25, 0.3) is 0 Å². The molecule has 4 nitrogen and oxygen atoms in total. The smallest absolute Gasteiger partial charge is 0.170 e. The molecule has 1 aliphatic heterocycles. The Balaban J connectivity index is 1.84. The van der Waals surface area contributed by atoms with Gasteiger partial charge in [0, 0.05) is 18.7 Å². The molecule has 19 heavy (non-hydrogen) atoms. The Bertz CT molecular complexity index is 550. The van der Waals surface area contributed by atoms with Crippen molar-refractivity contribution in [3.05, 3.63) is 47.2 Å². The maximum absolute atomic E-state index is 5.85. The second-order valence-corrected chi connectivity index (χ2v) is 5.04. The molecule has 100 valence electrons. The molecule has 2 aromatic rings. The van der Waals surface area contributed by atoms with E-state index in [1.54, 1.807) is 0 Å². The third-order valence-electron chi connectivity index (χ3n) is 3.86. The first-order valence-corrected chi connectivity index (χ1v) is 6.81. The molecule has 3 rings (SSSR count). The minimum atomic E-state index is 0.286. The summed E-state index contributed by atoms with van der Waals surface area (Å²) in [4.78, 5) is 2.45. The molecule has 1 unspecified atom stereocenters. The van der Waals surface area contributed by atoms with Crippen molar-refractivity contribution in [3.8, 4) is 0 Å². The predicted octanol–water partition coefficient (Wildman–Crippen LogP) is 2.77. The number of rotatable bonds is 3. The summed E-state index contributed by atoms with van der Waals surface area (Å²) < 4.78 is 5.44. The van der Waals surface area contributed by atoms with Gasteiger partial charge in [0.1, 0.15) is 0 Å². The largest absolute Gasteiger partial charge is 0.381 e. The van der Waals surface area contributed by atoms with Gasteiger partial charge in [0.25, 0.3) is 0 Å². The van der Waals surface area contributed by atoms with Gasteiger partial charge < -0.3 is 10.3 Å². The maximum Gasteiger partial charge on any atom is 0.170 e. The van der Waals surface area contributed by atoms with Crippen LogP contribution in [0.15, 0.2) is 34.9 Å². The quantitative estimate of drug-likeness (QED) is 0.918. The number of fused-ring (bicyclic) bond motifs is 1. The minimum Gasteiger partial charge on any atom is -0.381 e. The summed E-state index contributed by atoms with van der Waals surface area (Å²) in [5.74, 6) is 1.52. The number of anilines is 1. The Morgan fingerprint density at radius 2 is 2.16 bits per heavy atom. The molecule has 1 aromatic carbocycles. The van der Waals surface area contributed by atoms with Crippen molar-refractivity contribution < 1.29 is 4.52 Å². The first-order chi connectivity index (χ1) is 9.29. The first-order valence-electron chi connectivity index (χ1n) is 6.81. The Labute approximate surface area is 113 Å². The van der Waals surface area contributed by atoms with E-state index in [0.29, 0.717) is 5.82 Å².